The van der Waals surface area contributed by atoms with Gasteiger partial charge in [0.25, 0.3) is 0 Å². The molecule has 0 radical (unpaired) electrons. The van der Waals surface area contributed by atoms with Crippen molar-refractivity contribution in [2.45, 2.75) is 26.6 Å². The highest BCUT2D eigenvalue weighted by atomic mass is 19.1. The van der Waals surface area contributed by atoms with E-state index >= 15 is 0 Å². The van der Waals surface area contributed by atoms with Gasteiger partial charge in [0.1, 0.15) is 24.2 Å². The number of carbonyl (C=O) groups excluding carboxylic acids is 1. The Kier molecular flexibility index (Phi) is 7.67. The first-order valence-corrected chi connectivity index (χ1v) is 11.1. The number of amides is 2. The monoisotopic (exact) mass is 492 g/mol. The summed E-state index contributed by atoms with van der Waals surface area (Å²) in [4.78, 5) is 20.3. The number of nitrogens with one attached hydrogen (secondary N) is 2. The minimum absolute atomic E-state index is 0.0550. The van der Waals surface area contributed by atoms with E-state index in [1.165, 1.54) is 12.3 Å². The summed E-state index contributed by atoms with van der Waals surface area (Å²) in [5, 5.41) is 14.9. The normalized spacial score (nSPS) is 10.7. The molecule has 2 N–H and O–H groups in total. The maximum absolute atomic E-state index is 14.8. The van der Waals surface area contributed by atoms with Crippen LogP contribution in [-0.2, 0) is 18.0 Å². The number of aromatic nitrogens is 3. The van der Waals surface area contributed by atoms with Crippen LogP contribution >= 0.6 is 0 Å². The number of nitrogens with zero attached hydrogens (tertiary/aromatic N) is 4. The first kappa shape index (κ1) is 24.6. The van der Waals surface area contributed by atoms with Gasteiger partial charge in [0, 0.05) is 55.8 Å². The van der Waals surface area contributed by atoms with E-state index < -0.39 is 23.4 Å². The van der Waals surface area contributed by atoms with Crippen LogP contribution in [0.5, 0.6) is 11.5 Å². The molecule has 11 heteroatoms. The highest BCUT2D eigenvalue weighted by molar-refractivity contribution is 5.90. The maximum Gasteiger partial charge on any atom is 0.319 e. The van der Waals surface area contributed by atoms with Crippen LogP contribution in [0.4, 0.5) is 19.3 Å². The molecule has 0 saturated carbocycles. The van der Waals surface area contributed by atoms with Crippen LogP contribution in [0.2, 0.25) is 0 Å². The van der Waals surface area contributed by atoms with Crippen molar-refractivity contribution < 1.29 is 23.0 Å². The molecule has 0 aliphatic heterocycles. The largest absolute Gasteiger partial charge is 0.450 e. The fourth-order valence-electron chi connectivity index (χ4n) is 3.46. The Labute approximate surface area is 205 Å². The smallest absolute Gasteiger partial charge is 0.319 e. The lowest BCUT2D eigenvalue weighted by Gasteiger charge is -2.12. The van der Waals surface area contributed by atoms with Gasteiger partial charge in [0.2, 0.25) is 0 Å². The van der Waals surface area contributed by atoms with Gasteiger partial charge in [-0.2, -0.15) is 5.26 Å². The van der Waals surface area contributed by atoms with Gasteiger partial charge in [-0.05, 0) is 30.2 Å². The van der Waals surface area contributed by atoms with E-state index in [4.69, 9.17) is 9.47 Å². The van der Waals surface area contributed by atoms with E-state index in [-0.39, 0.29) is 30.3 Å². The number of fused-ring (bicyclic) bond motifs is 1. The molecule has 0 unspecified atom stereocenters. The van der Waals surface area contributed by atoms with Crippen molar-refractivity contribution in [3.05, 3.63) is 77.9 Å². The second-order valence-electron chi connectivity index (χ2n) is 7.70. The zero-order valence-electron chi connectivity index (χ0n) is 19.3. The first-order valence-electron chi connectivity index (χ1n) is 11.1. The number of urea groups is 1. The van der Waals surface area contributed by atoms with Crippen molar-refractivity contribution in [2.24, 2.45) is 0 Å². The quantitative estimate of drug-likeness (QED) is 0.315. The predicted octanol–water partition coefficient (Wildman–Crippen LogP) is 5.08. The second kappa shape index (κ2) is 11.2. The third-order valence-corrected chi connectivity index (χ3v) is 5.09. The van der Waals surface area contributed by atoms with Crippen LogP contribution in [0.3, 0.4) is 0 Å². The van der Waals surface area contributed by atoms with Gasteiger partial charge in [-0.15, -0.1) is 0 Å². The number of carbonyl (C=O) groups is 1. The summed E-state index contributed by atoms with van der Waals surface area (Å²) in [6.45, 7) is 2.87. The molecular weight excluding hydrogens is 470 g/mol. The van der Waals surface area contributed by atoms with Crippen LogP contribution in [0.25, 0.3) is 11.0 Å². The minimum atomic E-state index is -1.03. The molecule has 9 nitrogen and oxygen atoms in total. The molecule has 0 spiro atoms. The Hall–Kier alpha value is -4.56. The number of anilines is 1. The van der Waals surface area contributed by atoms with E-state index in [2.05, 4.69) is 20.6 Å². The molecule has 36 heavy (non-hydrogen) atoms. The van der Waals surface area contributed by atoms with Crippen LogP contribution < -0.4 is 15.4 Å². The zero-order valence-corrected chi connectivity index (χ0v) is 19.3. The average molecular weight is 492 g/mol. The lowest BCUT2D eigenvalue weighted by atomic mass is 10.2. The fourth-order valence-corrected chi connectivity index (χ4v) is 3.46. The molecule has 3 heterocycles. The Bertz CT molecular complexity index is 1400. The van der Waals surface area contributed by atoms with Gasteiger partial charge in [-0.25, -0.2) is 18.6 Å². The Morgan fingerprint density at radius 2 is 1.92 bits per heavy atom. The van der Waals surface area contributed by atoms with Crippen molar-refractivity contribution in [1.29, 1.82) is 5.26 Å². The molecule has 0 aliphatic rings. The number of hydrogen-bond donors (Lipinski definition) is 2. The molecule has 184 valence electrons. The summed E-state index contributed by atoms with van der Waals surface area (Å²) in [5.41, 5.74) is 1.32. The van der Waals surface area contributed by atoms with E-state index in [0.717, 1.165) is 24.1 Å². The molecule has 0 bridgehead atoms. The molecule has 0 aliphatic carbocycles. The summed E-state index contributed by atoms with van der Waals surface area (Å²) >= 11 is 0. The summed E-state index contributed by atoms with van der Waals surface area (Å²) in [6.07, 6.45) is 6.95. The van der Waals surface area contributed by atoms with Gasteiger partial charge in [0.05, 0.1) is 10.9 Å². The van der Waals surface area contributed by atoms with E-state index in [9.17, 15) is 18.8 Å². The van der Waals surface area contributed by atoms with Crippen molar-refractivity contribution in [3.8, 4) is 17.6 Å². The van der Waals surface area contributed by atoms with Crippen molar-refractivity contribution in [2.75, 3.05) is 11.9 Å². The fraction of sp³-hybridized carbons (Fsp3) is 0.200. The standard InChI is InChI=1S/C25H22F2N6O3/c1-2-9-35-15-33-14-17(12-28)22-21(5-8-30-24(22)33)36-23-19(26)10-18(11-20(23)27)32-25(34)31-13-16-3-6-29-7-4-16/h3-8,10-11,14H,2,9,13,15H2,1H3,(H2,31,32,34). The molecular formula is C25H22F2N6O3. The molecule has 2 amide bonds. The number of benzene rings is 1. The second-order valence-corrected chi connectivity index (χ2v) is 7.70. The summed E-state index contributed by atoms with van der Waals surface area (Å²) in [7, 11) is 0. The molecule has 4 rings (SSSR count). The Morgan fingerprint density at radius 1 is 1.17 bits per heavy atom. The molecule has 4 aromatic rings. The lowest BCUT2D eigenvalue weighted by Crippen LogP contribution is -2.28. The van der Waals surface area contributed by atoms with Crippen LogP contribution in [0.1, 0.15) is 24.5 Å². The van der Waals surface area contributed by atoms with Crippen LogP contribution in [0, 0.1) is 23.0 Å². The van der Waals surface area contributed by atoms with Gasteiger partial charge in [0.15, 0.2) is 17.4 Å². The lowest BCUT2D eigenvalue weighted by molar-refractivity contribution is 0.0800. The van der Waals surface area contributed by atoms with Gasteiger partial charge in [-0.3, -0.25) is 4.98 Å². The molecule has 0 saturated heterocycles. The summed E-state index contributed by atoms with van der Waals surface area (Å²) in [6, 6.07) is 8.17. The molecule has 0 fully saturated rings. The van der Waals surface area contributed by atoms with E-state index in [1.54, 1.807) is 35.3 Å². The summed E-state index contributed by atoms with van der Waals surface area (Å²) < 4.78 is 42.4. The van der Waals surface area contributed by atoms with Gasteiger partial charge >= 0.3 is 6.03 Å². The molecule has 3 aromatic heterocycles. The third kappa shape index (κ3) is 5.56. The van der Waals surface area contributed by atoms with Crippen molar-refractivity contribution in [3.63, 3.8) is 0 Å². The van der Waals surface area contributed by atoms with E-state index in [1.807, 2.05) is 13.0 Å². The van der Waals surface area contributed by atoms with Crippen LogP contribution in [-0.4, -0.2) is 27.2 Å². The van der Waals surface area contributed by atoms with Gasteiger partial charge < -0.3 is 24.7 Å². The van der Waals surface area contributed by atoms with E-state index in [0.29, 0.717) is 17.6 Å². The average Bonchev–Trinajstić information content (AvgIpc) is 3.24. The topological polar surface area (TPSA) is 114 Å². The first-order chi connectivity index (χ1) is 17.5. The number of nitriles is 1. The highest BCUT2D eigenvalue weighted by Gasteiger charge is 2.20. The number of pyridine rings is 2. The SMILES string of the molecule is CCCOCn1cc(C#N)c2c(Oc3c(F)cc(NC(=O)NCc4ccncc4)cc3F)ccnc21. The minimum Gasteiger partial charge on any atom is -0.450 e. The number of halogens is 2. The number of rotatable bonds is 9. The van der Waals surface area contributed by atoms with Crippen molar-refractivity contribution >= 4 is 22.8 Å². The summed E-state index contributed by atoms with van der Waals surface area (Å²) in [5.74, 6) is -2.69. The highest BCUT2D eigenvalue weighted by Crippen LogP contribution is 2.35. The third-order valence-electron chi connectivity index (χ3n) is 5.09. The van der Waals surface area contributed by atoms with Gasteiger partial charge in [-0.1, -0.05) is 6.92 Å². The predicted molar refractivity (Wildman–Crippen MR) is 127 cm³/mol. The maximum atomic E-state index is 14.8. The Balaban J connectivity index is 1.53. The molecule has 1 aromatic carbocycles. The van der Waals surface area contributed by atoms with Crippen LogP contribution in [0.15, 0.2) is 55.1 Å². The zero-order chi connectivity index (χ0) is 25.5. The number of hydrogen-bond acceptors (Lipinski definition) is 6. The molecule has 0 atom stereocenters. The Morgan fingerprint density at radius 3 is 2.61 bits per heavy atom. The van der Waals surface area contributed by atoms with Crippen molar-refractivity contribution in [1.82, 2.24) is 19.9 Å². The number of ether oxygens (including phenoxy) is 2.